The molecule has 7 heteroatoms. The Kier molecular flexibility index (Phi) is 2.31. The summed E-state index contributed by atoms with van der Waals surface area (Å²) in [5.74, 6) is 0.0994. The number of aromatic nitrogens is 2. The minimum Gasteiger partial charge on any atom is -0.378 e. The van der Waals surface area contributed by atoms with E-state index in [1.54, 1.807) is 0 Å². The fraction of sp³-hybridized carbons (Fsp3) is 0.625. The van der Waals surface area contributed by atoms with Crippen LogP contribution in [0.5, 0.6) is 0 Å². The highest BCUT2D eigenvalue weighted by Gasteiger charge is 2.30. The highest BCUT2D eigenvalue weighted by molar-refractivity contribution is 5.51. The second kappa shape index (κ2) is 3.50. The van der Waals surface area contributed by atoms with Crippen molar-refractivity contribution in [1.29, 1.82) is 0 Å². The van der Waals surface area contributed by atoms with Crippen LogP contribution in [-0.2, 0) is 4.74 Å². The summed E-state index contributed by atoms with van der Waals surface area (Å²) >= 11 is 0. The van der Waals surface area contributed by atoms with Gasteiger partial charge in [-0.3, -0.25) is 10.1 Å². The number of rotatable bonds is 2. The van der Waals surface area contributed by atoms with Crippen molar-refractivity contribution < 1.29 is 9.66 Å². The van der Waals surface area contributed by atoms with E-state index in [1.165, 1.54) is 10.9 Å². The van der Waals surface area contributed by atoms with E-state index in [-0.39, 0.29) is 23.7 Å². The van der Waals surface area contributed by atoms with Crippen LogP contribution in [0.2, 0.25) is 0 Å². The fourth-order valence-electron chi connectivity index (χ4n) is 1.81. The molecule has 0 amide bonds. The largest absolute Gasteiger partial charge is 0.378 e. The van der Waals surface area contributed by atoms with Crippen LogP contribution in [0, 0.1) is 10.1 Å². The lowest BCUT2D eigenvalue weighted by Gasteiger charge is -2.15. The van der Waals surface area contributed by atoms with Gasteiger partial charge in [0.25, 0.3) is 0 Å². The summed E-state index contributed by atoms with van der Waals surface area (Å²) in [6.45, 7) is 2.55. The zero-order chi connectivity index (χ0) is 11.0. The van der Waals surface area contributed by atoms with Crippen LogP contribution < -0.4 is 5.73 Å². The zero-order valence-electron chi connectivity index (χ0n) is 8.29. The van der Waals surface area contributed by atoms with Gasteiger partial charge in [0.05, 0.1) is 17.1 Å². The Morgan fingerprint density at radius 1 is 1.80 bits per heavy atom. The van der Waals surface area contributed by atoms with Crippen molar-refractivity contribution in [2.75, 3.05) is 12.3 Å². The van der Waals surface area contributed by atoms with Crippen LogP contribution in [0.15, 0.2) is 6.20 Å². The molecule has 1 aliphatic rings. The van der Waals surface area contributed by atoms with Crippen molar-refractivity contribution in [2.45, 2.75) is 25.5 Å². The molecule has 1 aromatic heterocycles. The monoisotopic (exact) mass is 212 g/mol. The van der Waals surface area contributed by atoms with Crippen molar-refractivity contribution in [3.63, 3.8) is 0 Å². The predicted molar refractivity (Wildman–Crippen MR) is 52.4 cm³/mol. The molecule has 0 aromatic carbocycles. The molecule has 1 aromatic rings. The third-order valence-corrected chi connectivity index (χ3v) is 2.66. The van der Waals surface area contributed by atoms with Gasteiger partial charge in [0.1, 0.15) is 6.20 Å². The number of hydrogen-bond acceptors (Lipinski definition) is 5. The molecule has 2 atom stereocenters. The van der Waals surface area contributed by atoms with Crippen molar-refractivity contribution in [3.05, 3.63) is 16.3 Å². The minimum absolute atomic E-state index is 0.00120. The lowest BCUT2D eigenvalue weighted by molar-refractivity contribution is -0.384. The van der Waals surface area contributed by atoms with Gasteiger partial charge in [0, 0.05) is 6.61 Å². The van der Waals surface area contributed by atoms with Crippen molar-refractivity contribution >= 4 is 11.5 Å². The van der Waals surface area contributed by atoms with Gasteiger partial charge in [-0.15, -0.1) is 0 Å². The third-order valence-electron chi connectivity index (χ3n) is 2.66. The number of nitro groups is 1. The topological polar surface area (TPSA) is 96.2 Å². The first-order chi connectivity index (χ1) is 7.11. The Labute approximate surface area is 86.0 Å². The van der Waals surface area contributed by atoms with E-state index in [1.807, 2.05) is 6.92 Å². The number of nitrogens with two attached hydrogens (primary N) is 1. The summed E-state index contributed by atoms with van der Waals surface area (Å²) < 4.78 is 6.84. The molecule has 2 unspecified atom stereocenters. The first-order valence-corrected chi connectivity index (χ1v) is 4.70. The van der Waals surface area contributed by atoms with Crippen molar-refractivity contribution in [2.24, 2.45) is 0 Å². The highest BCUT2D eigenvalue weighted by Crippen LogP contribution is 2.31. The Hall–Kier alpha value is -1.63. The molecule has 0 spiro atoms. The average Bonchev–Trinajstić information content (AvgIpc) is 2.71. The first-order valence-electron chi connectivity index (χ1n) is 4.70. The Bertz CT molecular complexity index is 389. The van der Waals surface area contributed by atoms with Crippen LogP contribution in [0.3, 0.4) is 0 Å². The van der Waals surface area contributed by atoms with Gasteiger partial charge in [-0.25, -0.2) is 4.68 Å². The Balaban J connectivity index is 2.33. The molecule has 0 aliphatic carbocycles. The van der Waals surface area contributed by atoms with E-state index < -0.39 is 4.92 Å². The second-order valence-electron chi connectivity index (χ2n) is 3.55. The lowest BCUT2D eigenvalue weighted by atomic mass is 10.2. The first kappa shape index (κ1) is 9.91. The number of nitrogens with zero attached hydrogens (tertiary/aromatic N) is 3. The maximum Gasteiger partial charge on any atom is 0.330 e. The van der Waals surface area contributed by atoms with Crippen molar-refractivity contribution in [3.8, 4) is 0 Å². The van der Waals surface area contributed by atoms with E-state index >= 15 is 0 Å². The molecule has 2 rings (SSSR count). The second-order valence-corrected chi connectivity index (χ2v) is 3.55. The van der Waals surface area contributed by atoms with E-state index in [0.717, 1.165) is 6.42 Å². The molecule has 2 N–H and O–H groups in total. The average molecular weight is 212 g/mol. The number of anilines is 1. The summed E-state index contributed by atoms with van der Waals surface area (Å²) in [7, 11) is 0. The van der Waals surface area contributed by atoms with Crippen LogP contribution in [0.1, 0.15) is 19.4 Å². The molecule has 7 nitrogen and oxygen atoms in total. The molecular weight excluding hydrogens is 200 g/mol. The van der Waals surface area contributed by atoms with Crippen LogP contribution >= 0.6 is 0 Å². The molecule has 1 saturated heterocycles. The summed E-state index contributed by atoms with van der Waals surface area (Å²) in [5, 5.41) is 14.5. The van der Waals surface area contributed by atoms with Crippen LogP contribution in [0.4, 0.5) is 11.5 Å². The van der Waals surface area contributed by atoms with Gasteiger partial charge >= 0.3 is 5.69 Å². The van der Waals surface area contributed by atoms with Gasteiger partial charge in [0.2, 0.25) is 5.82 Å². The quantitative estimate of drug-likeness (QED) is 0.575. The third kappa shape index (κ3) is 1.54. The highest BCUT2D eigenvalue weighted by atomic mass is 16.6. The summed E-state index contributed by atoms with van der Waals surface area (Å²) in [6.07, 6.45) is 1.96. The zero-order valence-corrected chi connectivity index (χ0v) is 8.29. The summed E-state index contributed by atoms with van der Waals surface area (Å²) in [6, 6.07) is -0.00120. The Morgan fingerprint density at radius 2 is 2.53 bits per heavy atom. The molecular formula is C8H12N4O3. The van der Waals surface area contributed by atoms with E-state index in [4.69, 9.17) is 10.5 Å². The maximum absolute atomic E-state index is 10.6. The van der Waals surface area contributed by atoms with E-state index in [2.05, 4.69) is 5.10 Å². The molecule has 0 saturated carbocycles. The normalized spacial score (nSPS) is 25.7. The van der Waals surface area contributed by atoms with E-state index in [0.29, 0.717) is 6.61 Å². The van der Waals surface area contributed by atoms with Crippen LogP contribution in [-0.4, -0.2) is 27.4 Å². The number of hydrogen-bond donors (Lipinski definition) is 1. The van der Waals surface area contributed by atoms with Crippen LogP contribution in [0.25, 0.3) is 0 Å². The summed E-state index contributed by atoms with van der Waals surface area (Å²) in [5.41, 5.74) is 5.51. The van der Waals surface area contributed by atoms with Gasteiger partial charge in [-0.1, -0.05) is 0 Å². The lowest BCUT2D eigenvalue weighted by Crippen LogP contribution is -2.19. The van der Waals surface area contributed by atoms with E-state index in [9.17, 15) is 10.1 Å². The summed E-state index contributed by atoms with van der Waals surface area (Å²) in [4.78, 5) is 10.0. The number of nitrogen functional groups attached to an aromatic ring is 1. The van der Waals surface area contributed by atoms with Gasteiger partial charge in [-0.05, 0) is 13.3 Å². The molecule has 0 bridgehead atoms. The molecule has 82 valence electrons. The fourth-order valence-corrected chi connectivity index (χ4v) is 1.81. The van der Waals surface area contributed by atoms with Gasteiger partial charge in [-0.2, -0.15) is 5.10 Å². The predicted octanol–water partition coefficient (Wildman–Crippen LogP) is 0.723. The number of ether oxygens (including phenoxy) is 1. The molecule has 2 heterocycles. The SMILES string of the molecule is CC1OCCC1n1ncc([N+](=O)[O-])c1N. The van der Waals surface area contributed by atoms with Gasteiger partial charge in [0.15, 0.2) is 0 Å². The molecule has 0 radical (unpaired) electrons. The van der Waals surface area contributed by atoms with Crippen molar-refractivity contribution in [1.82, 2.24) is 9.78 Å². The van der Waals surface area contributed by atoms with Gasteiger partial charge < -0.3 is 10.5 Å². The molecule has 1 fully saturated rings. The minimum atomic E-state index is -0.528. The smallest absolute Gasteiger partial charge is 0.330 e. The standard InChI is InChI=1S/C8H12N4O3/c1-5-6(2-3-15-5)11-8(9)7(4-10-11)12(13)14/h4-6H,2-3,9H2,1H3. The molecule has 15 heavy (non-hydrogen) atoms. The molecule has 1 aliphatic heterocycles. The Morgan fingerprint density at radius 3 is 3.00 bits per heavy atom. The maximum atomic E-state index is 10.6.